The molecule has 93 heavy (non-hydrogen) atoms. The maximum absolute atomic E-state index is 14.9. The molecule has 14 N–H and O–H groups in total. The summed E-state index contributed by atoms with van der Waals surface area (Å²) in [6.45, 7) is 1.23. The Labute approximate surface area is 544 Å². The van der Waals surface area contributed by atoms with E-state index in [2.05, 4.69) is 47.2 Å². The number of phenols is 1. The quantitative estimate of drug-likeness (QED) is 0.0783. The van der Waals surface area contributed by atoms with Crippen molar-refractivity contribution in [1.82, 2.24) is 52.1 Å². The highest BCUT2D eigenvalue weighted by molar-refractivity contribution is 7.98. The van der Waals surface area contributed by atoms with Gasteiger partial charge >= 0.3 is 0 Å². The molecule has 0 aliphatic carbocycles. The van der Waals surface area contributed by atoms with Gasteiger partial charge in [-0.1, -0.05) is 48.5 Å². The van der Waals surface area contributed by atoms with Gasteiger partial charge in [-0.2, -0.15) is 23.5 Å². The van der Waals surface area contributed by atoms with Crippen molar-refractivity contribution in [2.24, 2.45) is 11.5 Å². The number of carbonyl (C=O) groups is 9. The second-order valence-electron chi connectivity index (χ2n) is 23.5. The number of primary amides is 1. The summed E-state index contributed by atoms with van der Waals surface area (Å²) in [4.78, 5) is 135. The van der Waals surface area contributed by atoms with Crippen LogP contribution in [0.15, 0.2) is 122 Å². The second-order valence-corrected chi connectivity index (χ2v) is 25.6. The van der Waals surface area contributed by atoms with Crippen molar-refractivity contribution in [3.8, 4) is 5.75 Å². The summed E-state index contributed by atoms with van der Waals surface area (Å²) in [7, 11) is 0. The van der Waals surface area contributed by atoms with Crippen molar-refractivity contribution >= 4 is 98.5 Å². The number of fused-ring (bicyclic) bond motifs is 7. The first-order chi connectivity index (χ1) is 44.7. The first-order valence-corrected chi connectivity index (χ1v) is 33.0. The summed E-state index contributed by atoms with van der Waals surface area (Å²) in [5.41, 5.74) is 15.1. The molecule has 7 aromatic rings. The number of aromatic amines is 2. The lowest BCUT2D eigenvalue weighted by molar-refractivity contribution is -0.146. The van der Waals surface area contributed by atoms with E-state index in [4.69, 9.17) is 11.5 Å². The van der Waals surface area contributed by atoms with E-state index in [1.54, 1.807) is 43.6 Å². The number of phenolic OH excluding ortho intramolecular Hbond substituents is 1. The van der Waals surface area contributed by atoms with E-state index in [0.717, 1.165) is 11.1 Å². The number of rotatable bonds is 11. The van der Waals surface area contributed by atoms with Gasteiger partial charge in [-0.15, -0.1) is 0 Å². The predicted octanol–water partition coefficient (Wildman–Crippen LogP) is 4.70. The topological polar surface area (TPSA) is 345 Å². The predicted molar refractivity (Wildman–Crippen MR) is 351 cm³/mol. The number of benzene rings is 5. The molecule has 22 nitrogen and oxygen atoms in total. The van der Waals surface area contributed by atoms with Crippen LogP contribution in [0.5, 0.6) is 5.75 Å². The summed E-state index contributed by atoms with van der Waals surface area (Å²) < 4.78 is 29.6. The van der Waals surface area contributed by atoms with Crippen molar-refractivity contribution in [2.75, 3.05) is 31.1 Å². The molecule has 1 fully saturated rings. The molecule has 0 saturated carbocycles. The van der Waals surface area contributed by atoms with Crippen molar-refractivity contribution < 1.29 is 57.0 Å². The standard InChI is InChI=1S/C67H76F2N12O10S2/c1-67-21-6-23-81(67)65(90)56(27-39-12-16-48(82)17-13-39)79-61(86)43-10-5-7-40(26-43)32-74-63(88)54(28-44-33-72-51-18-14-46(68)30-49(44)51)78-64(89)55(29-45-34-73-52-19-15-47(69)31-50(45)52)77-59(84)35-75-62(87)53(11-2-3-22-70)76-58(83)20-24-92-36-41-8-4-9-42(25-41)37-93-38-57(60(71)85)80-66(67)91/h4-5,7-10,12-19,25-26,30-31,33-34,53-57,72-73,82H,2-3,6,11,20-24,27-29,32,35-38,70H2,1H3,(H2,71,85)(H,74,88)(H,75,87)(H,76,83)(H,77,84)(H,78,89)(H,79,86)(H,80,91)/t53-,54-,55-,56-,57-,67-/m0/s1. The largest absolute Gasteiger partial charge is 0.508 e. The number of aromatic nitrogens is 2. The first-order valence-electron chi connectivity index (χ1n) is 30.7. The number of H-pyrrole nitrogens is 2. The third-order valence-electron chi connectivity index (χ3n) is 16.6. The van der Waals surface area contributed by atoms with Gasteiger partial charge in [0.25, 0.3) is 5.91 Å². The Hall–Kier alpha value is -9.27. The fourth-order valence-electron chi connectivity index (χ4n) is 11.5. The van der Waals surface area contributed by atoms with Crippen LogP contribution in [0.1, 0.15) is 89.2 Å². The van der Waals surface area contributed by atoms with Gasteiger partial charge in [0.2, 0.25) is 47.3 Å². The fraction of sp³-hybridized carbons (Fsp3) is 0.358. The van der Waals surface area contributed by atoms with Gasteiger partial charge in [-0.3, -0.25) is 43.2 Å². The van der Waals surface area contributed by atoms with Gasteiger partial charge in [-0.05, 0) is 140 Å². The molecule has 2 aliphatic heterocycles. The Balaban J connectivity index is 1.01. The maximum Gasteiger partial charge on any atom is 0.251 e. The number of nitrogens with two attached hydrogens (primary N) is 2. The zero-order chi connectivity index (χ0) is 66.2. The van der Waals surface area contributed by atoms with Crippen LogP contribution in [0, 0.1) is 11.6 Å². The highest BCUT2D eigenvalue weighted by atomic mass is 32.2. The number of thioether (sulfide) groups is 2. The van der Waals surface area contributed by atoms with Gasteiger partial charge in [0.1, 0.15) is 53.1 Å². The highest BCUT2D eigenvalue weighted by Gasteiger charge is 2.48. The van der Waals surface area contributed by atoms with E-state index in [-0.39, 0.29) is 68.7 Å². The van der Waals surface area contributed by atoms with Crippen molar-refractivity contribution in [2.45, 2.75) is 119 Å². The van der Waals surface area contributed by atoms with Gasteiger partial charge in [0, 0.05) is 102 Å². The zero-order valence-corrected chi connectivity index (χ0v) is 52.9. The molecular weight excluding hydrogens is 1230 g/mol. The summed E-state index contributed by atoms with van der Waals surface area (Å²) >= 11 is 2.87. The number of hydrogen-bond acceptors (Lipinski definition) is 13. The Morgan fingerprint density at radius 3 is 1.92 bits per heavy atom. The number of halogens is 2. The van der Waals surface area contributed by atoms with Crippen LogP contribution in [0.4, 0.5) is 8.78 Å². The second kappa shape index (κ2) is 31.8. The molecule has 5 aromatic carbocycles. The van der Waals surface area contributed by atoms with Gasteiger partial charge < -0.3 is 68.7 Å². The van der Waals surface area contributed by atoms with Crippen molar-refractivity contribution in [1.29, 1.82) is 0 Å². The van der Waals surface area contributed by atoms with Crippen LogP contribution < -0.4 is 48.7 Å². The third kappa shape index (κ3) is 18.3. The van der Waals surface area contributed by atoms with E-state index in [0.29, 0.717) is 87.1 Å². The molecule has 2 aromatic heterocycles. The number of nitrogens with zero attached hydrogens (tertiary/aromatic N) is 1. The van der Waals surface area contributed by atoms with Crippen LogP contribution in [-0.4, -0.2) is 140 Å². The summed E-state index contributed by atoms with van der Waals surface area (Å²) in [6.07, 6.45) is 4.59. The number of hydrogen-bond donors (Lipinski definition) is 12. The minimum absolute atomic E-state index is 0.0239. The van der Waals surface area contributed by atoms with E-state index in [1.807, 2.05) is 24.3 Å². The molecule has 9 amide bonds. The van der Waals surface area contributed by atoms with Gasteiger partial charge in [0.15, 0.2) is 0 Å². The summed E-state index contributed by atoms with van der Waals surface area (Å²) in [5, 5.41) is 30.3. The lowest BCUT2D eigenvalue weighted by atomic mass is 9.95. The number of unbranched alkanes of at least 4 members (excludes halogenated alkanes) is 1. The van der Waals surface area contributed by atoms with E-state index < -0.39 is 107 Å². The van der Waals surface area contributed by atoms with Crippen LogP contribution in [0.2, 0.25) is 0 Å². The maximum atomic E-state index is 14.9. The lowest BCUT2D eigenvalue weighted by Crippen LogP contribution is -2.62. The highest BCUT2D eigenvalue weighted by Crippen LogP contribution is 2.32. The Bertz CT molecular complexity index is 3890. The molecule has 6 atom stereocenters. The van der Waals surface area contributed by atoms with Crippen LogP contribution in [-0.2, 0) is 75.7 Å². The molecule has 4 heterocycles. The van der Waals surface area contributed by atoms with Crippen LogP contribution in [0.3, 0.4) is 0 Å². The van der Waals surface area contributed by atoms with Crippen molar-refractivity contribution in [3.63, 3.8) is 0 Å². The average molecular weight is 1310 g/mol. The molecule has 0 unspecified atom stereocenters. The molecule has 0 spiro atoms. The molecule has 490 valence electrons. The molecule has 2 aliphatic rings. The van der Waals surface area contributed by atoms with Gasteiger partial charge in [-0.25, -0.2) is 8.78 Å². The molecule has 4 bridgehead atoms. The van der Waals surface area contributed by atoms with Crippen LogP contribution >= 0.6 is 23.5 Å². The minimum atomic E-state index is -1.47. The van der Waals surface area contributed by atoms with E-state index in [1.165, 1.54) is 89.1 Å². The lowest BCUT2D eigenvalue weighted by Gasteiger charge is -2.37. The smallest absolute Gasteiger partial charge is 0.251 e. The Morgan fingerprint density at radius 2 is 1.26 bits per heavy atom. The molecule has 1 saturated heterocycles. The Kier molecular flexibility index (Phi) is 23.3. The van der Waals surface area contributed by atoms with Crippen LogP contribution in [0.25, 0.3) is 21.8 Å². The number of nitrogens with one attached hydrogen (secondary N) is 9. The van der Waals surface area contributed by atoms with E-state index >= 15 is 0 Å². The number of aromatic hydroxyl groups is 1. The van der Waals surface area contributed by atoms with Crippen molar-refractivity contribution in [3.05, 3.63) is 172 Å². The fourth-order valence-corrected chi connectivity index (χ4v) is 13.4. The number of amides is 9. The molecule has 9 rings (SSSR count). The number of carbonyl (C=O) groups excluding carboxylic acids is 9. The Morgan fingerprint density at radius 1 is 0.645 bits per heavy atom. The molecular formula is C67H76F2N12O10S2. The summed E-state index contributed by atoms with van der Waals surface area (Å²) in [5.74, 6) is -5.77. The first kappa shape index (κ1) is 68.1. The average Bonchev–Trinajstić information content (AvgIpc) is 1.75. The van der Waals surface area contributed by atoms with E-state index in [9.17, 15) is 57.0 Å². The molecule has 0 radical (unpaired) electrons. The third-order valence-corrected chi connectivity index (χ3v) is 18.7. The van der Waals surface area contributed by atoms with Gasteiger partial charge in [0.05, 0.1) is 6.54 Å². The minimum Gasteiger partial charge on any atom is -0.508 e. The normalized spacial score (nSPS) is 21.7. The zero-order valence-electron chi connectivity index (χ0n) is 51.3. The summed E-state index contributed by atoms with van der Waals surface area (Å²) in [6, 6.07) is 21.9. The SMILES string of the molecule is C[C@@]12CCCN1C(=O)[C@H](Cc1ccc(O)cc1)NC(=O)c1cccc(c1)CNC(=O)[C@H](Cc1c[nH]c3ccc(F)cc13)NC(=O)[C@H](Cc1c[nH]c3ccc(F)cc13)NC(=O)CNC(=O)[C@H](CCCCN)NC(=O)CCSCc1cccc(c1)CSC[C@@H](C(N)=O)NC2=O. The molecule has 26 heteroatoms. The monoisotopic (exact) mass is 1310 g/mol.